The van der Waals surface area contributed by atoms with Gasteiger partial charge in [-0.05, 0) is 44.2 Å². The van der Waals surface area contributed by atoms with Crippen LogP contribution in [0.15, 0.2) is 28.2 Å². The van der Waals surface area contributed by atoms with Gasteiger partial charge in [-0.2, -0.15) is 0 Å². The molecule has 0 heterocycles. The molecular formula is C22H25ClFNO6S. The molecule has 0 saturated heterocycles. The Morgan fingerprint density at radius 1 is 1.16 bits per heavy atom. The van der Waals surface area contributed by atoms with Crippen LogP contribution < -0.4 is 4.90 Å². The van der Waals surface area contributed by atoms with Crippen molar-refractivity contribution in [2.24, 2.45) is 0 Å². The monoisotopic (exact) mass is 485 g/mol. The van der Waals surface area contributed by atoms with Crippen molar-refractivity contribution < 1.29 is 33.0 Å². The van der Waals surface area contributed by atoms with Crippen LogP contribution in [0.1, 0.15) is 46.0 Å². The molecule has 0 radical (unpaired) electrons. The van der Waals surface area contributed by atoms with Gasteiger partial charge in [0.1, 0.15) is 5.82 Å². The molecule has 0 N–H and O–H groups in total. The number of rotatable bonds is 8. The Labute approximate surface area is 195 Å². The Kier molecular flexibility index (Phi) is 9.71. The number of methoxy groups -OCH3 is 1. The van der Waals surface area contributed by atoms with Crippen LogP contribution in [0.25, 0.3) is 0 Å². The van der Waals surface area contributed by atoms with Crippen molar-refractivity contribution in [2.45, 2.75) is 50.8 Å². The summed E-state index contributed by atoms with van der Waals surface area (Å²) in [7, 11) is 1.23. The summed E-state index contributed by atoms with van der Waals surface area (Å²) in [6, 6.07) is 2.22. The molecule has 2 rings (SSSR count). The zero-order valence-electron chi connectivity index (χ0n) is 18.2. The SMILES string of the molecule is CCCOC(=O)C1=C(C(=O)N(C(C)=O)c2cc(SCC(=O)OC)c(Cl)cc2F)CCCC1. The predicted octanol–water partition coefficient (Wildman–Crippen LogP) is 4.45. The molecule has 0 aliphatic heterocycles. The van der Waals surface area contributed by atoms with Gasteiger partial charge in [-0.1, -0.05) is 18.5 Å². The van der Waals surface area contributed by atoms with E-state index in [0.717, 1.165) is 24.8 Å². The van der Waals surface area contributed by atoms with Gasteiger partial charge in [0.05, 0.1) is 30.2 Å². The molecule has 10 heteroatoms. The van der Waals surface area contributed by atoms with Gasteiger partial charge in [0, 0.05) is 23.0 Å². The van der Waals surface area contributed by atoms with Crippen LogP contribution >= 0.6 is 23.4 Å². The van der Waals surface area contributed by atoms with Gasteiger partial charge < -0.3 is 9.47 Å². The van der Waals surface area contributed by atoms with Gasteiger partial charge in [-0.3, -0.25) is 14.4 Å². The number of benzene rings is 1. The molecule has 1 aromatic rings. The Balaban J connectivity index is 2.47. The highest BCUT2D eigenvalue weighted by Crippen LogP contribution is 2.36. The molecular weight excluding hydrogens is 461 g/mol. The van der Waals surface area contributed by atoms with E-state index in [1.54, 1.807) is 0 Å². The van der Waals surface area contributed by atoms with E-state index >= 15 is 0 Å². The molecule has 0 fully saturated rings. The summed E-state index contributed by atoms with van der Waals surface area (Å²) in [5.74, 6) is -3.57. The molecule has 1 aliphatic carbocycles. The number of nitrogens with zero attached hydrogens (tertiary/aromatic N) is 1. The van der Waals surface area contributed by atoms with Crippen molar-refractivity contribution in [2.75, 3.05) is 24.4 Å². The molecule has 0 spiro atoms. The molecule has 0 saturated carbocycles. The average molecular weight is 486 g/mol. The van der Waals surface area contributed by atoms with Crippen LogP contribution in [0.2, 0.25) is 5.02 Å². The number of halogens is 2. The zero-order valence-corrected chi connectivity index (χ0v) is 19.7. The zero-order chi connectivity index (χ0) is 23.8. The number of imide groups is 1. The predicted molar refractivity (Wildman–Crippen MR) is 119 cm³/mol. The fraction of sp³-hybridized carbons (Fsp3) is 0.455. The third kappa shape index (κ3) is 6.32. The first-order valence-electron chi connectivity index (χ1n) is 10.1. The highest BCUT2D eigenvalue weighted by atomic mass is 35.5. The molecule has 1 aliphatic rings. The lowest BCUT2D eigenvalue weighted by molar-refractivity contribution is -0.140. The first-order valence-corrected chi connectivity index (χ1v) is 11.5. The van der Waals surface area contributed by atoms with Gasteiger partial charge >= 0.3 is 11.9 Å². The first-order chi connectivity index (χ1) is 15.2. The van der Waals surface area contributed by atoms with Crippen molar-refractivity contribution >= 4 is 52.8 Å². The lowest BCUT2D eigenvalue weighted by Crippen LogP contribution is -2.38. The van der Waals surface area contributed by atoms with Crippen LogP contribution in [-0.4, -0.2) is 43.2 Å². The van der Waals surface area contributed by atoms with Gasteiger partial charge in [0.2, 0.25) is 5.91 Å². The average Bonchev–Trinajstić information content (AvgIpc) is 2.77. The summed E-state index contributed by atoms with van der Waals surface area (Å²) >= 11 is 7.07. The number of esters is 2. The molecule has 174 valence electrons. The van der Waals surface area contributed by atoms with Crippen LogP contribution in [0.4, 0.5) is 10.1 Å². The number of ether oxygens (including phenoxy) is 2. The fourth-order valence-corrected chi connectivity index (χ4v) is 4.30. The van der Waals surface area contributed by atoms with Crippen molar-refractivity contribution in [3.63, 3.8) is 0 Å². The largest absolute Gasteiger partial charge is 0.468 e. The van der Waals surface area contributed by atoms with Gasteiger partial charge in [0.25, 0.3) is 5.91 Å². The van der Waals surface area contributed by atoms with Crippen molar-refractivity contribution in [3.8, 4) is 0 Å². The topological polar surface area (TPSA) is 90.0 Å². The molecule has 0 atom stereocenters. The third-order valence-electron chi connectivity index (χ3n) is 4.74. The van der Waals surface area contributed by atoms with Crippen LogP contribution in [0, 0.1) is 5.82 Å². The molecule has 0 unspecified atom stereocenters. The van der Waals surface area contributed by atoms with Crippen LogP contribution in [-0.2, 0) is 28.7 Å². The molecule has 2 amide bonds. The second-order valence-corrected chi connectivity index (χ2v) is 8.48. The maximum absolute atomic E-state index is 14.8. The number of carbonyl (C=O) groups is 4. The lowest BCUT2D eigenvalue weighted by atomic mass is 9.90. The van der Waals surface area contributed by atoms with Gasteiger partial charge in [0.15, 0.2) is 0 Å². The highest BCUT2D eigenvalue weighted by Gasteiger charge is 2.32. The van der Waals surface area contributed by atoms with E-state index in [-0.39, 0.29) is 40.6 Å². The van der Waals surface area contributed by atoms with E-state index in [1.165, 1.54) is 13.2 Å². The minimum absolute atomic E-state index is 0.0248. The first kappa shape index (κ1) is 25.9. The Morgan fingerprint density at radius 3 is 2.41 bits per heavy atom. The molecule has 1 aromatic carbocycles. The minimum Gasteiger partial charge on any atom is -0.468 e. The quantitative estimate of drug-likeness (QED) is 0.397. The number of carbonyl (C=O) groups excluding carboxylic acids is 4. The summed E-state index contributed by atoms with van der Waals surface area (Å²) in [4.78, 5) is 50.7. The Morgan fingerprint density at radius 2 is 1.81 bits per heavy atom. The number of hydrogen-bond acceptors (Lipinski definition) is 7. The summed E-state index contributed by atoms with van der Waals surface area (Å²) < 4.78 is 24.6. The second kappa shape index (κ2) is 12.0. The number of thioether (sulfide) groups is 1. The van der Waals surface area contributed by atoms with Crippen molar-refractivity contribution in [1.82, 2.24) is 0 Å². The summed E-state index contributed by atoms with van der Waals surface area (Å²) in [6.07, 6.45) is 2.61. The Bertz CT molecular complexity index is 949. The molecule has 32 heavy (non-hydrogen) atoms. The summed E-state index contributed by atoms with van der Waals surface area (Å²) in [6.45, 7) is 3.20. The maximum Gasteiger partial charge on any atom is 0.334 e. The van der Waals surface area contributed by atoms with Crippen molar-refractivity contribution in [1.29, 1.82) is 0 Å². The third-order valence-corrected chi connectivity index (χ3v) is 6.20. The van der Waals surface area contributed by atoms with E-state index in [4.69, 9.17) is 16.3 Å². The van der Waals surface area contributed by atoms with Crippen LogP contribution in [0.3, 0.4) is 0 Å². The summed E-state index contributed by atoms with van der Waals surface area (Å²) in [5.41, 5.74) is 0.0555. The van der Waals surface area contributed by atoms with Gasteiger partial charge in [-0.25, -0.2) is 14.1 Å². The lowest BCUT2D eigenvalue weighted by Gasteiger charge is -2.25. The summed E-state index contributed by atoms with van der Waals surface area (Å²) in [5, 5.41) is 0.0248. The van der Waals surface area contributed by atoms with Crippen LogP contribution in [0.5, 0.6) is 0 Å². The van der Waals surface area contributed by atoms with E-state index in [1.807, 2.05) is 6.92 Å². The van der Waals surface area contributed by atoms with Crippen molar-refractivity contribution in [3.05, 3.63) is 34.1 Å². The number of amides is 2. The number of hydrogen-bond donors (Lipinski definition) is 0. The van der Waals surface area contributed by atoms with E-state index in [0.29, 0.717) is 35.5 Å². The smallest absolute Gasteiger partial charge is 0.334 e. The van der Waals surface area contributed by atoms with Gasteiger partial charge in [-0.15, -0.1) is 11.8 Å². The molecule has 0 bridgehead atoms. The van der Waals surface area contributed by atoms with E-state index < -0.39 is 29.6 Å². The second-order valence-electron chi connectivity index (χ2n) is 7.06. The minimum atomic E-state index is -0.882. The van der Waals surface area contributed by atoms with E-state index in [9.17, 15) is 23.6 Å². The highest BCUT2D eigenvalue weighted by molar-refractivity contribution is 8.00. The molecule has 0 aromatic heterocycles. The normalized spacial score (nSPS) is 13.5. The standard InChI is InChI=1S/C22H25ClFNO6S/c1-4-9-31-22(29)15-8-6-5-7-14(15)21(28)25(13(2)26)18-11-19(16(23)10-17(18)24)32-12-20(27)30-3/h10-11H,4-9,12H2,1-3H3. The maximum atomic E-state index is 14.8. The molecule has 7 nitrogen and oxygen atoms in total. The number of anilines is 1. The Hall–Kier alpha value is -2.39. The fourth-order valence-electron chi connectivity index (χ4n) is 3.20. The van der Waals surface area contributed by atoms with E-state index in [2.05, 4.69) is 4.74 Å².